The molecule has 10 heteroatoms. The van der Waals surface area contributed by atoms with E-state index in [2.05, 4.69) is 15.4 Å². The second-order valence-electron chi connectivity index (χ2n) is 9.06. The van der Waals surface area contributed by atoms with Crippen LogP contribution in [0.4, 0.5) is 15.8 Å². The number of amides is 1. The highest BCUT2D eigenvalue weighted by Gasteiger charge is 2.38. The summed E-state index contributed by atoms with van der Waals surface area (Å²) >= 11 is 0. The summed E-state index contributed by atoms with van der Waals surface area (Å²) < 4.78 is 22.1. The maximum absolute atomic E-state index is 14.6. The zero-order valence-corrected chi connectivity index (χ0v) is 18.3. The average molecular weight is 455 g/mol. The zero-order chi connectivity index (χ0) is 23.2. The third-order valence-corrected chi connectivity index (χ3v) is 6.49. The van der Waals surface area contributed by atoms with E-state index in [4.69, 9.17) is 4.74 Å². The van der Waals surface area contributed by atoms with Crippen LogP contribution in [-0.4, -0.2) is 68.3 Å². The zero-order valence-electron chi connectivity index (χ0n) is 18.3. The van der Waals surface area contributed by atoms with Crippen molar-refractivity contribution in [3.8, 4) is 5.75 Å². The van der Waals surface area contributed by atoms with Gasteiger partial charge in [-0.05, 0) is 19.1 Å². The number of anilines is 2. The molecular formula is C23H26FN5O4. The minimum Gasteiger partial charge on any atom is -0.484 e. The van der Waals surface area contributed by atoms with Crippen LogP contribution < -0.4 is 15.0 Å². The normalized spacial score (nSPS) is 21.6. The second kappa shape index (κ2) is 7.96. The van der Waals surface area contributed by atoms with Crippen LogP contribution in [0.5, 0.6) is 5.75 Å². The van der Waals surface area contributed by atoms with Crippen LogP contribution in [-0.2, 0) is 6.42 Å². The summed E-state index contributed by atoms with van der Waals surface area (Å²) in [5.41, 5.74) is 0.587. The van der Waals surface area contributed by atoms with Gasteiger partial charge in [-0.2, -0.15) is 5.10 Å². The molecule has 0 unspecified atom stereocenters. The van der Waals surface area contributed by atoms with Crippen molar-refractivity contribution in [2.45, 2.75) is 37.5 Å². The number of nitrogens with zero attached hydrogens (tertiary/aromatic N) is 4. The van der Waals surface area contributed by atoms with Crippen LogP contribution in [0.1, 0.15) is 35.7 Å². The van der Waals surface area contributed by atoms with Crippen LogP contribution >= 0.6 is 0 Å². The summed E-state index contributed by atoms with van der Waals surface area (Å²) in [6.07, 6.45) is 5.64. The molecule has 9 nitrogen and oxygen atoms in total. The molecule has 0 spiro atoms. The maximum atomic E-state index is 14.6. The molecule has 1 amide bonds. The Morgan fingerprint density at radius 1 is 1.27 bits per heavy atom. The van der Waals surface area contributed by atoms with Crippen molar-refractivity contribution in [1.82, 2.24) is 14.6 Å². The molecule has 33 heavy (non-hydrogen) atoms. The highest BCUT2D eigenvalue weighted by Crippen LogP contribution is 2.43. The van der Waals surface area contributed by atoms with Gasteiger partial charge in [0.15, 0.2) is 5.65 Å². The Morgan fingerprint density at radius 2 is 2.06 bits per heavy atom. The predicted molar refractivity (Wildman–Crippen MR) is 120 cm³/mol. The van der Waals surface area contributed by atoms with E-state index in [1.54, 1.807) is 18.5 Å². The Kier molecular flexibility index (Phi) is 5.21. The first-order valence-electron chi connectivity index (χ1n) is 10.9. The summed E-state index contributed by atoms with van der Waals surface area (Å²) in [4.78, 5) is 19.4. The molecular weight excluding hydrogens is 429 g/mol. The van der Waals surface area contributed by atoms with Gasteiger partial charge in [0.25, 0.3) is 5.91 Å². The highest BCUT2D eigenvalue weighted by atomic mass is 19.1. The average Bonchev–Trinajstić information content (AvgIpc) is 3.40. The van der Waals surface area contributed by atoms with Gasteiger partial charge in [0.1, 0.15) is 22.6 Å². The lowest BCUT2D eigenvalue weighted by atomic mass is 9.93. The first-order valence-corrected chi connectivity index (χ1v) is 10.9. The third kappa shape index (κ3) is 3.89. The SMILES string of the molecule is C[C@@]1(CO)Cc2cc(NC(=O)c3cnn4cccnc34)c(N3CCC(F)(CO)CC3)cc2O1. The Balaban J connectivity index is 1.49. The maximum Gasteiger partial charge on any atom is 0.261 e. The summed E-state index contributed by atoms with van der Waals surface area (Å²) in [7, 11) is 0. The van der Waals surface area contributed by atoms with Crippen molar-refractivity contribution in [1.29, 1.82) is 0 Å². The summed E-state index contributed by atoms with van der Waals surface area (Å²) in [6.45, 7) is 1.95. The number of benzene rings is 1. The molecule has 1 saturated heterocycles. The number of carbonyl (C=O) groups excluding carboxylic acids is 1. The number of aliphatic hydroxyl groups is 2. The summed E-state index contributed by atoms with van der Waals surface area (Å²) in [6, 6.07) is 5.42. The molecule has 0 aliphatic carbocycles. The summed E-state index contributed by atoms with van der Waals surface area (Å²) in [5.74, 6) is 0.275. The van der Waals surface area contributed by atoms with E-state index in [9.17, 15) is 19.4 Å². The topological polar surface area (TPSA) is 112 Å². The fraction of sp³-hybridized carbons (Fsp3) is 0.435. The van der Waals surface area contributed by atoms with Gasteiger partial charge < -0.3 is 25.2 Å². The predicted octanol–water partition coefficient (Wildman–Crippen LogP) is 1.97. The van der Waals surface area contributed by atoms with E-state index in [1.807, 2.05) is 24.0 Å². The number of nitrogens with one attached hydrogen (secondary N) is 1. The van der Waals surface area contributed by atoms with Crippen LogP contribution in [0.15, 0.2) is 36.8 Å². The molecule has 1 atom stereocenters. The van der Waals surface area contributed by atoms with E-state index in [1.165, 1.54) is 10.7 Å². The van der Waals surface area contributed by atoms with E-state index in [0.29, 0.717) is 47.8 Å². The fourth-order valence-electron chi connectivity index (χ4n) is 4.48. The fourth-order valence-corrected chi connectivity index (χ4v) is 4.48. The standard InChI is InChI=1S/C23H26FN5O4/c1-22(13-30)11-15-9-17(27-21(32)16-12-26-29-6-2-5-25-20(16)29)18(10-19(15)33-22)28-7-3-23(24,14-31)4-8-28/h2,5-6,9-10,12,30-31H,3-4,7-8,11,13-14H2,1H3,(H,27,32)/t22-/m0/s1. The molecule has 5 rings (SSSR count). The first-order chi connectivity index (χ1) is 15.8. The largest absolute Gasteiger partial charge is 0.484 e. The molecule has 174 valence electrons. The van der Waals surface area contributed by atoms with Gasteiger partial charge in [-0.25, -0.2) is 13.9 Å². The first kappa shape index (κ1) is 21.6. The van der Waals surface area contributed by atoms with Crippen LogP contribution in [0, 0.1) is 0 Å². The molecule has 3 aromatic rings. The van der Waals surface area contributed by atoms with Crippen molar-refractivity contribution in [3.05, 3.63) is 47.9 Å². The van der Waals surface area contributed by atoms with Crippen molar-refractivity contribution >= 4 is 22.9 Å². The van der Waals surface area contributed by atoms with E-state index < -0.39 is 17.9 Å². The number of aromatic nitrogens is 3. The molecule has 0 bridgehead atoms. The number of ether oxygens (including phenoxy) is 1. The van der Waals surface area contributed by atoms with Crippen LogP contribution in [0.2, 0.25) is 0 Å². The van der Waals surface area contributed by atoms with Crippen LogP contribution in [0.25, 0.3) is 5.65 Å². The number of fused-ring (bicyclic) bond motifs is 2. The van der Waals surface area contributed by atoms with E-state index >= 15 is 0 Å². The number of alkyl halides is 1. The molecule has 4 heterocycles. The minimum absolute atomic E-state index is 0.142. The minimum atomic E-state index is -1.59. The molecule has 1 aromatic carbocycles. The molecule has 1 fully saturated rings. The van der Waals surface area contributed by atoms with E-state index in [0.717, 1.165) is 5.56 Å². The molecule has 3 N–H and O–H groups in total. The van der Waals surface area contributed by atoms with Crippen molar-refractivity contribution in [3.63, 3.8) is 0 Å². The summed E-state index contributed by atoms with van der Waals surface area (Å²) in [5, 5.41) is 26.3. The van der Waals surface area contributed by atoms with Gasteiger partial charge >= 0.3 is 0 Å². The lowest BCUT2D eigenvalue weighted by molar-refractivity contribution is 0.0445. The van der Waals surface area contributed by atoms with Crippen LogP contribution in [0.3, 0.4) is 0 Å². The second-order valence-corrected chi connectivity index (χ2v) is 9.06. The number of hydrogen-bond acceptors (Lipinski definition) is 7. The highest BCUT2D eigenvalue weighted by molar-refractivity contribution is 6.09. The quantitative estimate of drug-likeness (QED) is 0.539. The van der Waals surface area contributed by atoms with Crippen molar-refractivity contribution < 1.29 is 24.1 Å². The van der Waals surface area contributed by atoms with Gasteiger partial charge in [-0.15, -0.1) is 0 Å². The smallest absolute Gasteiger partial charge is 0.261 e. The molecule has 2 aliphatic heterocycles. The molecule has 0 radical (unpaired) electrons. The van der Waals surface area contributed by atoms with Gasteiger partial charge in [-0.3, -0.25) is 4.79 Å². The van der Waals surface area contributed by atoms with Gasteiger partial charge in [0.05, 0.1) is 30.8 Å². The third-order valence-electron chi connectivity index (χ3n) is 6.49. The number of rotatable bonds is 5. The molecule has 0 saturated carbocycles. The van der Waals surface area contributed by atoms with Gasteiger partial charge in [0, 0.05) is 56.4 Å². The molecule has 2 aromatic heterocycles. The Labute approximate surface area is 189 Å². The van der Waals surface area contributed by atoms with Gasteiger partial charge in [0.2, 0.25) is 0 Å². The van der Waals surface area contributed by atoms with Gasteiger partial charge in [-0.1, -0.05) is 0 Å². The number of aliphatic hydroxyl groups excluding tert-OH is 2. The Bertz CT molecular complexity index is 1210. The number of carbonyl (C=O) groups is 1. The number of halogens is 1. The lowest BCUT2D eigenvalue weighted by Gasteiger charge is -2.37. The Hall–Kier alpha value is -3.24. The number of piperidine rings is 1. The van der Waals surface area contributed by atoms with Crippen molar-refractivity contribution in [2.75, 3.05) is 36.5 Å². The lowest BCUT2D eigenvalue weighted by Crippen LogP contribution is -2.44. The van der Waals surface area contributed by atoms with E-state index in [-0.39, 0.29) is 25.4 Å². The number of hydrogen-bond donors (Lipinski definition) is 3. The van der Waals surface area contributed by atoms with Crippen molar-refractivity contribution in [2.24, 2.45) is 0 Å². The Morgan fingerprint density at radius 3 is 2.79 bits per heavy atom. The molecule has 2 aliphatic rings. The monoisotopic (exact) mass is 455 g/mol.